The number of esters is 1. The van der Waals surface area contributed by atoms with E-state index in [2.05, 4.69) is 6.92 Å². The van der Waals surface area contributed by atoms with Gasteiger partial charge in [-0.1, -0.05) is 38.5 Å². The highest BCUT2D eigenvalue weighted by atomic mass is 16.5. The maximum atomic E-state index is 11.8. The first-order valence-electron chi connectivity index (χ1n) is 7.09. The van der Waals surface area contributed by atoms with Gasteiger partial charge in [0.05, 0.1) is 12.5 Å². The maximum Gasteiger partial charge on any atom is 0.313 e. The van der Waals surface area contributed by atoms with E-state index in [-0.39, 0.29) is 11.7 Å². The van der Waals surface area contributed by atoms with E-state index >= 15 is 0 Å². The predicted octanol–water partition coefficient (Wildman–Crippen LogP) is 3.79. The van der Waals surface area contributed by atoms with Crippen molar-refractivity contribution in [3.63, 3.8) is 0 Å². The minimum absolute atomic E-state index is 0.247. The van der Waals surface area contributed by atoms with Gasteiger partial charge in [0.2, 0.25) is 0 Å². The predicted molar refractivity (Wildman–Crippen MR) is 76.4 cm³/mol. The summed E-state index contributed by atoms with van der Waals surface area (Å²) >= 11 is 0. The van der Waals surface area contributed by atoms with Crippen LogP contribution in [-0.4, -0.2) is 17.7 Å². The van der Waals surface area contributed by atoms with E-state index in [1.54, 1.807) is 13.0 Å². The molecule has 3 heteroatoms. The molecule has 0 aliphatic carbocycles. The molecule has 0 aliphatic heterocycles. The van der Waals surface area contributed by atoms with Crippen molar-refractivity contribution in [2.24, 2.45) is 0 Å². The fourth-order valence-electron chi connectivity index (χ4n) is 1.98. The molecule has 0 aliphatic rings. The van der Waals surface area contributed by atoms with Crippen molar-refractivity contribution in [1.82, 2.24) is 0 Å². The Kier molecular flexibility index (Phi) is 6.40. The quantitative estimate of drug-likeness (QED) is 0.762. The average Bonchev–Trinajstić information content (AvgIpc) is 2.43. The van der Waals surface area contributed by atoms with Crippen LogP contribution in [0.5, 0.6) is 5.75 Å². The Morgan fingerprint density at radius 2 is 2.05 bits per heavy atom. The first-order valence-corrected chi connectivity index (χ1v) is 7.09. The Bertz CT molecular complexity index is 412. The normalized spacial score (nSPS) is 12.2. The molecule has 106 valence electrons. The minimum Gasteiger partial charge on any atom is -0.507 e. The van der Waals surface area contributed by atoms with Crippen molar-refractivity contribution in [2.75, 3.05) is 6.61 Å². The number of benzene rings is 1. The summed E-state index contributed by atoms with van der Waals surface area (Å²) in [5, 5.41) is 10.3. The molecular weight excluding hydrogens is 240 g/mol. The molecule has 0 heterocycles. The fourth-order valence-corrected chi connectivity index (χ4v) is 1.98. The monoisotopic (exact) mass is 264 g/mol. The number of carbonyl (C=O) groups is 1. The summed E-state index contributed by atoms with van der Waals surface area (Å²) in [7, 11) is 0. The number of para-hydroxylation sites is 1. The van der Waals surface area contributed by atoms with Gasteiger partial charge in [-0.15, -0.1) is 0 Å². The Labute approximate surface area is 115 Å². The summed E-state index contributed by atoms with van der Waals surface area (Å²) < 4.78 is 5.13. The van der Waals surface area contributed by atoms with Crippen molar-refractivity contribution in [2.45, 2.75) is 52.4 Å². The number of hydrogen-bond acceptors (Lipinski definition) is 3. The van der Waals surface area contributed by atoms with Crippen LogP contribution in [0.15, 0.2) is 18.2 Å². The summed E-state index contributed by atoms with van der Waals surface area (Å²) in [4.78, 5) is 11.8. The van der Waals surface area contributed by atoms with Crippen LogP contribution in [0.4, 0.5) is 0 Å². The van der Waals surface area contributed by atoms with Gasteiger partial charge in [0, 0.05) is 5.56 Å². The van der Waals surface area contributed by atoms with Crippen molar-refractivity contribution in [3.8, 4) is 5.75 Å². The molecule has 0 aromatic heterocycles. The minimum atomic E-state index is -0.423. The number of rotatable bonds is 7. The highest BCUT2D eigenvalue weighted by Crippen LogP contribution is 2.30. The second kappa shape index (κ2) is 7.82. The van der Waals surface area contributed by atoms with Gasteiger partial charge in [0.25, 0.3) is 0 Å². The van der Waals surface area contributed by atoms with Crippen LogP contribution in [0.3, 0.4) is 0 Å². The zero-order chi connectivity index (χ0) is 14.3. The average molecular weight is 264 g/mol. The molecule has 0 fully saturated rings. The van der Waals surface area contributed by atoms with E-state index in [4.69, 9.17) is 4.74 Å². The van der Waals surface area contributed by atoms with Crippen LogP contribution in [0.25, 0.3) is 0 Å². The number of ether oxygens (including phenoxy) is 1. The molecule has 0 saturated heterocycles. The van der Waals surface area contributed by atoms with Crippen molar-refractivity contribution < 1.29 is 14.6 Å². The summed E-state index contributed by atoms with van der Waals surface area (Å²) in [6.45, 7) is 6.28. The first-order chi connectivity index (χ1) is 9.11. The van der Waals surface area contributed by atoms with Gasteiger partial charge < -0.3 is 9.84 Å². The second-order valence-electron chi connectivity index (χ2n) is 4.85. The summed E-state index contributed by atoms with van der Waals surface area (Å²) in [5.74, 6) is -0.449. The first kappa shape index (κ1) is 15.5. The number of unbranched alkanes of at least 4 members (excludes halogenated alkanes) is 1. The summed E-state index contributed by atoms with van der Waals surface area (Å²) in [6.07, 6.45) is 3.76. The highest BCUT2D eigenvalue weighted by molar-refractivity contribution is 5.78. The zero-order valence-electron chi connectivity index (χ0n) is 12.1. The molecule has 0 spiro atoms. The van der Waals surface area contributed by atoms with Gasteiger partial charge in [-0.3, -0.25) is 4.79 Å². The van der Waals surface area contributed by atoms with E-state index in [0.717, 1.165) is 31.2 Å². The molecule has 19 heavy (non-hydrogen) atoms. The number of phenols is 1. The lowest BCUT2D eigenvalue weighted by molar-refractivity contribution is -0.145. The van der Waals surface area contributed by atoms with E-state index < -0.39 is 5.92 Å². The third-order valence-corrected chi connectivity index (χ3v) is 3.22. The topological polar surface area (TPSA) is 46.5 Å². The molecule has 1 N–H and O–H groups in total. The Hall–Kier alpha value is -1.51. The highest BCUT2D eigenvalue weighted by Gasteiger charge is 2.21. The lowest BCUT2D eigenvalue weighted by Crippen LogP contribution is -2.14. The van der Waals surface area contributed by atoms with Gasteiger partial charge in [-0.05, 0) is 31.7 Å². The zero-order valence-corrected chi connectivity index (χ0v) is 12.1. The van der Waals surface area contributed by atoms with Gasteiger partial charge in [-0.25, -0.2) is 0 Å². The van der Waals surface area contributed by atoms with E-state index in [9.17, 15) is 9.90 Å². The number of carbonyl (C=O) groups excluding carboxylic acids is 1. The third kappa shape index (κ3) is 4.27. The Morgan fingerprint density at radius 3 is 2.68 bits per heavy atom. The van der Waals surface area contributed by atoms with Crippen LogP contribution in [0, 0.1) is 0 Å². The molecule has 1 unspecified atom stereocenters. The molecule has 1 atom stereocenters. The van der Waals surface area contributed by atoms with Crippen molar-refractivity contribution in [3.05, 3.63) is 29.3 Å². The number of aryl methyl sites for hydroxylation is 1. The largest absolute Gasteiger partial charge is 0.507 e. The van der Waals surface area contributed by atoms with Gasteiger partial charge >= 0.3 is 5.97 Å². The van der Waals surface area contributed by atoms with E-state index in [1.807, 2.05) is 19.1 Å². The Balaban J connectivity index is 2.84. The molecule has 0 bridgehead atoms. The van der Waals surface area contributed by atoms with Crippen molar-refractivity contribution in [1.29, 1.82) is 0 Å². The molecule has 0 amide bonds. The maximum absolute atomic E-state index is 11.8. The molecule has 1 aromatic rings. The third-order valence-electron chi connectivity index (χ3n) is 3.22. The van der Waals surface area contributed by atoms with Crippen LogP contribution in [0.2, 0.25) is 0 Å². The molecule has 1 rings (SSSR count). The molecule has 3 nitrogen and oxygen atoms in total. The standard InChI is InChI=1S/C16H24O3/c1-4-6-8-13-9-7-10-14(15(13)17)12(3)16(18)19-11-5-2/h7,9-10,12,17H,4-6,8,11H2,1-3H3. The van der Waals surface area contributed by atoms with Crippen molar-refractivity contribution >= 4 is 5.97 Å². The number of hydrogen-bond donors (Lipinski definition) is 1. The van der Waals surface area contributed by atoms with E-state index in [0.29, 0.717) is 12.2 Å². The van der Waals surface area contributed by atoms with Gasteiger partial charge in [0.1, 0.15) is 5.75 Å². The van der Waals surface area contributed by atoms with Crippen LogP contribution < -0.4 is 0 Å². The van der Waals surface area contributed by atoms with Crippen LogP contribution >= 0.6 is 0 Å². The molecule has 1 aromatic carbocycles. The smallest absolute Gasteiger partial charge is 0.313 e. The lowest BCUT2D eigenvalue weighted by atomic mass is 9.95. The molecule has 0 radical (unpaired) electrons. The fraction of sp³-hybridized carbons (Fsp3) is 0.562. The number of phenolic OH excluding ortho intramolecular Hbond substituents is 1. The molecule has 0 saturated carbocycles. The van der Waals surface area contributed by atoms with Gasteiger partial charge in [-0.2, -0.15) is 0 Å². The molecular formula is C16H24O3. The summed E-state index contributed by atoms with van der Waals surface area (Å²) in [6, 6.07) is 5.60. The van der Waals surface area contributed by atoms with Crippen LogP contribution in [-0.2, 0) is 16.0 Å². The number of aromatic hydroxyl groups is 1. The Morgan fingerprint density at radius 1 is 1.32 bits per heavy atom. The lowest BCUT2D eigenvalue weighted by Gasteiger charge is -2.15. The second-order valence-corrected chi connectivity index (χ2v) is 4.85. The summed E-state index contributed by atoms with van der Waals surface area (Å²) in [5.41, 5.74) is 1.57. The van der Waals surface area contributed by atoms with E-state index in [1.165, 1.54) is 0 Å². The SMILES string of the molecule is CCCCc1cccc(C(C)C(=O)OCCC)c1O. The van der Waals surface area contributed by atoms with Crippen LogP contribution in [0.1, 0.15) is 57.1 Å². The van der Waals surface area contributed by atoms with Gasteiger partial charge in [0.15, 0.2) is 0 Å².